The number of benzene rings is 1. The van der Waals surface area contributed by atoms with Crippen LogP contribution >= 0.6 is 0 Å². The van der Waals surface area contributed by atoms with Crippen molar-refractivity contribution in [3.63, 3.8) is 0 Å². The molecule has 2 heterocycles. The maximum atomic E-state index is 12.9. The standard InChI is InChI=1S/C17H17FN4O3S/c1-11-21-15-14(7-8-19-16(15)22(11)2)17(23)20-9-10-26(24,25)13-5-3-12(18)4-6-13/h3-8H,9-10H2,1-2H3,(H,20,23). The monoisotopic (exact) mass is 376 g/mol. The first-order valence-corrected chi connectivity index (χ1v) is 9.49. The number of hydrogen-bond acceptors (Lipinski definition) is 5. The van der Waals surface area contributed by atoms with E-state index in [2.05, 4.69) is 15.3 Å². The minimum absolute atomic E-state index is 0.0137. The van der Waals surface area contributed by atoms with Gasteiger partial charge in [0.25, 0.3) is 5.91 Å². The highest BCUT2D eigenvalue weighted by molar-refractivity contribution is 7.91. The van der Waals surface area contributed by atoms with Gasteiger partial charge in [0.1, 0.15) is 17.2 Å². The summed E-state index contributed by atoms with van der Waals surface area (Å²) in [6.07, 6.45) is 1.51. The number of imidazole rings is 1. The summed E-state index contributed by atoms with van der Waals surface area (Å²) in [7, 11) is -1.81. The number of aryl methyl sites for hydroxylation is 2. The largest absolute Gasteiger partial charge is 0.351 e. The van der Waals surface area contributed by atoms with Crippen LogP contribution < -0.4 is 5.32 Å². The number of rotatable bonds is 5. The number of fused-ring (bicyclic) bond motifs is 1. The van der Waals surface area contributed by atoms with Gasteiger partial charge in [-0.15, -0.1) is 0 Å². The van der Waals surface area contributed by atoms with Crippen molar-refractivity contribution in [2.24, 2.45) is 7.05 Å². The molecule has 0 radical (unpaired) electrons. The molecule has 7 nitrogen and oxygen atoms in total. The number of sulfone groups is 1. The molecule has 136 valence electrons. The van der Waals surface area contributed by atoms with Gasteiger partial charge in [-0.3, -0.25) is 4.79 Å². The van der Waals surface area contributed by atoms with E-state index in [4.69, 9.17) is 0 Å². The van der Waals surface area contributed by atoms with Gasteiger partial charge in [0.15, 0.2) is 15.5 Å². The zero-order chi connectivity index (χ0) is 18.9. The van der Waals surface area contributed by atoms with E-state index in [1.54, 1.807) is 24.6 Å². The number of carbonyl (C=O) groups excluding carboxylic acids is 1. The summed E-state index contributed by atoms with van der Waals surface area (Å²) in [6, 6.07) is 6.12. The van der Waals surface area contributed by atoms with Crippen molar-refractivity contribution in [2.75, 3.05) is 12.3 Å². The van der Waals surface area contributed by atoms with Crippen LogP contribution in [0.2, 0.25) is 0 Å². The van der Waals surface area contributed by atoms with Gasteiger partial charge in [0, 0.05) is 19.8 Å². The number of amides is 1. The lowest BCUT2D eigenvalue weighted by Crippen LogP contribution is -2.29. The second-order valence-corrected chi connectivity index (χ2v) is 7.89. The molecule has 0 saturated heterocycles. The Morgan fingerprint density at radius 2 is 1.92 bits per heavy atom. The van der Waals surface area contributed by atoms with Crippen LogP contribution in [0.1, 0.15) is 16.2 Å². The van der Waals surface area contributed by atoms with Gasteiger partial charge in [-0.1, -0.05) is 0 Å². The molecule has 3 rings (SSSR count). The summed E-state index contributed by atoms with van der Waals surface area (Å²) in [5, 5.41) is 2.59. The lowest BCUT2D eigenvalue weighted by molar-refractivity contribution is 0.0957. The van der Waals surface area contributed by atoms with Crippen molar-refractivity contribution in [1.29, 1.82) is 0 Å². The van der Waals surface area contributed by atoms with Crippen LogP contribution in [0.3, 0.4) is 0 Å². The zero-order valence-corrected chi connectivity index (χ0v) is 15.0. The van der Waals surface area contributed by atoms with Crippen LogP contribution in [-0.4, -0.2) is 41.2 Å². The van der Waals surface area contributed by atoms with E-state index >= 15 is 0 Å². The Balaban J connectivity index is 1.72. The molecule has 3 aromatic rings. The molecule has 0 atom stereocenters. The first-order chi connectivity index (χ1) is 12.3. The highest BCUT2D eigenvalue weighted by Gasteiger charge is 2.18. The molecule has 0 unspecified atom stereocenters. The minimum atomic E-state index is -3.61. The second kappa shape index (κ2) is 6.83. The molecule has 0 spiro atoms. The molecular weight excluding hydrogens is 359 g/mol. The number of carbonyl (C=O) groups is 1. The molecule has 1 aromatic carbocycles. The van der Waals surface area contributed by atoms with Gasteiger partial charge in [-0.2, -0.15) is 0 Å². The molecule has 0 aliphatic carbocycles. The Hall–Kier alpha value is -2.81. The fourth-order valence-corrected chi connectivity index (χ4v) is 3.68. The number of hydrogen-bond donors (Lipinski definition) is 1. The molecule has 2 aromatic heterocycles. The average molecular weight is 376 g/mol. The van der Waals surface area contributed by atoms with E-state index in [-0.39, 0.29) is 17.2 Å². The third-order valence-corrected chi connectivity index (χ3v) is 5.79. The van der Waals surface area contributed by atoms with Crippen molar-refractivity contribution in [1.82, 2.24) is 19.9 Å². The molecule has 0 saturated carbocycles. The molecule has 0 fully saturated rings. The first-order valence-electron chi connectivity index (χ1n) is 7.84. The number of pyridine rings is 1. The van der Waals surface area contributed by atoms with Gasteiger partial charge in [-0.25, -0.2) is 22.8 Å². The topological polar surface area (TPSA) is 93.9 Å². The molecule has 0 aliphatic rings. The third kappa shape index (κ3) is 3.43. The number of halogens is 1. The first kappa shape index (κ1) is 18.0. The van der Waals surface area contributed by atoms with Crippen LogP contribution in [0.5, 0.6) is 0 Å². The molecule has 0 bridgehead atoms. The third-order valence-electron chi connectivity index (χ3n) is 4.06. The normalized spacial score (nSPS) is 11.7. The van der Waals surface area contributed by atoms with Gasteiger partial charge < -0.3 is 9.88 Å². The summed E-state index contributed by atoms with van der Waals surface area (Å²) >= 11 is 0. The summed E-state index contributed by atoms with van der Waals surface area (Å²) in [5.41, 5.74) is 1.37. The quantitative estimate of drug-likeness (QED) is 0.683. The smallest absolute Gasteiger partial charge is 0.253 e. The highest BCUT2D eigenvalue weighted by Crippen LogP contribution is 2.16. The minimum Gasteiger partial charge on any atom is -0.351 e. The fraction of sp³-hybridized carbons (Fsp3) is 0.235. The SMILES string of the molecule is Cc1nc2c(C(=O)NCCS(=O)(=O)c3ccc(F)cc3)ccnc2n1C. The number of nitrogens with one attached hydrogen (secondary N) is 1. The summed E-state index contributed by atoms with van der Waals surface area (Å²) in [4.78, 5) is 21.0. The van der Waals surface area contributed by atoms with Crippen molar-refractivity contribution < 1.29 is 17.6 Å². The summed E-state index contributed by atoms with van der Waals surface area (Å²) < 4.78 is 39.1. The lowest BCUT2D eigenvalue weighted by atomic mass is 10.2. The fourth-order valence-electron chi connectivity index (χ4n) is 2.53. The van der Waals surface area contributed by atoms with E-state index in [1.165, 1.54) is 18.3 Å². The van der Waals surface area contributed by atoms with Crippen LogP contribution in [0.15, 0.2) is 41.4 Å². The van der Waals surface area contributed by atoms with E-state index in [1.807, 2.05) is 0 Å². The van der Waals surface area contributed by atoms with Crippen LogP contribution in [0.25, 0.3) is 11.2 Å². The predicted molar refractivity (Wildman–Crippen MR) is 94.0 cm³/mol. The number of aromatic nitrogens is 3. The van der Waals surface area contributed by atoms with Crippen molar-refractivity contribution in [3.05, 3.63) is 53.7 Å². The van der Waals surface area contributed by atoms with Gasteiger partial charge >= 0.3 is 0 Å². The lowest BCUT2D eigenvalue weighted by Gasteiger charge is -2.07. The van der Waals surface area contributed by atoms with Crippen molar-refractivity contribution in [3.8, 4) is 0 Å². The van der Waals surface area contributed by atoms with E-state index in [0.717, 1.165) is 12.1 Å². The zero-order valence-electron chi connectivity index (χ0n) is 14.2. The molecule has 9 heteroatoms. The highest BCUT2D eigenvalue weighted by atomic mass is 32.2. The van der Waals surface area contributed by atoms with E-state index in [9.17, 15) is 17.6 Å². The molecule has 0 aliphatic heterocycles. The maximum Gasteiger partial charge on any atom is 0.253 e. The predicted octanol–water partition coefficient (Wildman–Crippen LogP) is 1.62. The average Bonchev–Trinajstić information content (AvgIpc) is 2.89. The summed E-state index contributed by atoms with van der Waals surface area (Å²) in [6.45, 7) is 1.73. The maximum absolute atomic E-state index is 12.9. The number of nitrogens with zero attached hydrogens (tertiary/aromatic N) is 3. The molecule has 1 amide bonds. The molecule has 1 N–H and O–H groups in total. The van der Waals surface area contributed by atoms with E-state index < -0.39 is 21.6 Å². The molecule has 26 heavy (non-hydrogen) atoms. The van der Waals surface area contributed by atoms with Gasteiger partial charge in [0.2, 0.25) is 0 Å². The Labute approximate surface area is 149 Å². The Bertz CT molecular complexity index is 1080. The second-order valence-electron chi connectivity index (χ2n) is 5.78. The van der Waals surface area contributed by atoms with Crippen molar-refractivity contribution >= 4 is 26.9 Å². The Morgan fingerprint density at radius 1 is 1.23 bits per heavy atom. The van der Waals surface area contributed by atoms with E-state index in [0.29, 0.717) is 22.6 Å². The van der Waals surface area contributed by atoms with Gasteiger partial charge in [0.05, 0.1) is 16.2 Å². The Morgan fingerprint density at radius 3 is 2.62 bits per heavy atom. The van der Waals surface area contributed by atoms with Crippen LogP contribution in [-0.2, 0) is 16.9 Å². The van der Waals surface area contributed by atoms with Gasteiger partial charge in [-0.05, 0) is 37.3 Å². The Kier molecular flexibility index (Phi) is 4.73. The molecular formula is C17H17FN4O3S. The summed E-state index contributed by atoms with van der Waals surface area (Å²) in [5.74, 6) is -0.513. The van der Waals surface area contributed by atoms with Crippen LogP contribution in [0.4, 0.5) is 4.39 Å². The van der Waals surface area contributed by atoms with Crippen LogP contribution in [0, 0.1) is 12.7 Å². The van der Waals surface area contributed by atoms with Crippen molar-refractivity contribution in [2.45, 2.75) is 11.8 Å².